The number of unbranched alkanes of at least 4 members (excludes halogenated alkanes) is 7. The number of imide groups is 1. The van der Waals surface area contributed by atoms with E-state index in [0.29, 0.717) is 6.42 Å². The van der Waals surface area contributed by atoms with Crippen LogP contribution in [0.2, 0.25) is 0 Å². The van der Waals surface area contributed by atoms with E-state index < -0.39 is 0 Å². The summed E-state index contributed by atoms with van der Waals surface area (Å²) in [5.74, 6) is 0.0398. The third kappa shape index (κ3) is 5.10. The molecule has 2 rings (SSSR count). The van der Waals surface area contributed by atoms with Crippen molar-refractivity contribution < 1.29 is 9.59 Å². The second-order valence-corrected chi connectivity index (χ2v) is 6.52. The van der Waals surface area contributed by atoms with Gasteiger partial charge in [-0.15, -0.1) is 0 Å². The molecule has 1 N–H and O–H groups in total. The Morgan fingerprint density at radius 3 is 2.24 bits per heavy atom. The molecule has 0 bridgehead atoms. The monoisotopic (exact) mass is 294 g/mol. The highest BCUT2D eigenvalue weighted by atomic mass is 16.2. The van der Waals surface area contributed by atoms with Gasteiger partial charge in [-0.2, -0.15) is 0 Å². The zero-order valence-electron chi connectivity index (χ0n) is 13.4. The summed E-state index contributed by atoms with van der Waals surface area (Å²) in [6.07, 6.45) is 12.7. The third-order valence-electron chi connectivity index (χ3n) is 4.52. The molecule has 4 heteroatoms. The highest BCUT2D eigenvalue weighted by Gasteiger charge is 2.45. The highest BCUT2D eigenvalue weighted by molar-refractivity contribution is 6.06. The molecule has 1 aliphatic heterocycles. The fraction of sp³-hybridized carbons (Fsp3) is 0.882. The summed E-state index contributed by atoms with van der Waals surface area (Å²) < 4.78 is 0. The number of hydrogen-bond donors (Lipinski definition) is 1. The summed E-state index contributed by atoms with van der Waals surface area (Å²) in [5.41, 5.74) is 0. The summed E-state index contributed by atoms with van der Waals surface area (Å²) in [5, 5.41) is 3.27. The van der Waals surface area contributed by atoms with Gasteiger partial charge in [-0.05, 0) is 25.8 Å². The topological polar surface area (TPSA) is 49.4 Å². The van der Waals surface area contributed by atoms with Gasteiger partial charge in [0.05, 0.1) is 12.5 Å². The molecule has 2 amide bonds. The minimum atomic E-state index is -0.248. The number of carbonyl (C=O) groups excluding carboxylic acids is 2. The number of hydrogen-bond acceptors (Lipinski definition) is 3. The molecule has 0 aromatic rings. The number of rotatable bonds is 11. The fourth-order valence-corrected chi connectivity index (χ4v) is 3.06. The Balaban J connectivity index is 1.49. The number of likely N-dealkylation sites (tertiary alicyclic amines) is 1. The van der Waals surface area contributed by atoms with Crippen molar-refractivity contribution in [3.8, 4) is 0 Å². The van der Waals surface area contributed by atoms with Crippen LogP contribution in [0.3, 0.4) is 0 Å². The van der Waals surface area contributed by atoms with Gasteiger partial charge in [0.15, 0.2) is 0 Å². The van der Waals surface area contributed by atoms with Gasteiger partial charge in [0.25, 0.3) is 0 Å². The second kappa shape index (κ2) is 8.52. The van der Waals surface area contributed by atoms with Gasteiger partial charge in [0, 0.05) is 6.04 Å². The molecule has 4 nitrogen and oxygen atoms in total. The third-order valence-corrected chi connectivity index (χ3v) is 4.52. The van der Waals surface area contributed by atoms with Crippen molar-refractivity contribution >= 4 is 11.8 Å². The van der Waals surface area contributed by atoms with Crippen LogP contribution < -0.4 is 5.32 Å². The molecule has 1 saturated heterocycles. The Hall–Kier alpha value is -0.900. The maximum Gasteiger partial charge on any atom is 0.247 e. The van der Waals surface area contributed by atoms with E-state index in [2.05, 4.69) is 12.2 Å². The van der Waals surface area contributed by atoms with E-state index in [4.69, 9.17) is 0 Å². The van der Waals surface area contributed by atoms with Gasteiger partial charge in [-0.3, -0.25) is 14.5 Å². The van der Waals surface area contributed by atoms with Crippen LogP contribution in [-0.2, 0) is 9.59 Å². The van der Waals surface area contributed by atoms with Crippen LogP contribution in [0, 0.1) is 0 Å². The van der Waals surface area contributed by atoms with Crippen molar-refractivity contribution in [2.24, 2.45) is 0 Å². The predicted octanol–water partition coefficient (Wildman–Crippen LogP) is 3.01. The lowest BCUT2D eigenvalue weighted by Crippen LogP contribution is -2.40. The number of nitrogens with one attached hydrogen (secondary N) is 1. The molecule has 0 radical (unpaired) electrons. The van der Waals surface area contributed by atoms with E-state index in [1.165, 1.54) is 49.8 Å². The van der Waals surface area contributed by atoms with Crippen LogP contribution >= 0.6 is 0 Å². The summed E-state index contributed by atoms with van der Waals surface area (Å²) >= 11 is 0. The molecular formula is C17H30N2O2. The molecule has 120 valence electrons. The molecule has 0 spiro atoms. The zero-order valence-corrected chi connectivity index (χ0v) is 13.4. The van der Waals surface area contributed by atoms with Crippen molar-refractivity contribution in [3.63, 3.8) is 0 Å². The maximum absolute atomic E-state index is 12.1. The summed E-state index contributed by atoms with van der Waals surface area (Å²) in [7, 11) is 0. The first kappa shape index (κ1) is 16.5. The van der Waals surface area contributed by atoms with Gasteiger partial charge in [0.2, 0.25) is 11.8 Å². The smallest absolute Gasteiger partial charge is 0.247 e. The standard InChI is InChI=1S/C17H30N2O2/c1-2-3-4-5-6-7-8-9-12-18-15-13-16(20)19(17(15)21)14-10-11-14/h14-15,18H,2-13H2,1H3. The molecule has 0 aromatic heterocycles. The van der Waals surface area contributed by atoms with Gasteiger partial charge >= 0.3 is 0 Å². The minimum Gasteiger partial charge on any atom is -0.305 e. The largest absolute Gasteiger partial charge is 0.305 e. The lowest BCUT2D eigenvalue weighted by molar-refractivity contribution is -0.139. The summed E-state index contributed by atoms with van der Waals surface area (Å²) in [4.78, 5) is 25.4. The Labute approximate surface area is 128 Å². The van der Waals surface area contributed by atoms with Crippen LogP contribution in [-0.4, -0.2) is 35.3 Å². The lowest BCUT2D eigenvalue weighted by atomic mass is 10.1. The summed E-state index contributed by atoms with van der Waals surface area (Å²) in [6.45, 7) is 3.10. The van der Waals surface area contributed by atoms with E-state index in [9.17, 15) is 9.59 Å². The molecule has 0 aromatic carbocycles. The predicted molar refractivity (Wildman–Crippen MR) is 83.9 cm³/mol. The molecule has 1 aliphatic carbocycles. The SMILES string of the molecule is CCCCCCCCCCNC1CC(=O)N(C2CC2)C1=O. The minimum absolute atomic E-state index is 0.0158. The number of amides is 2. The van der Waals surface area contributed by atoms with Gasteiger partial charge in [0.1, 0.15) is 0 Å². The molecule has 2 fully saturated rings. The zero-order chi connectivity index (χ0) is 15.1. The first-order chi connectivity index (χ1) is 10.2. The van der Waals surface area contributed by atoms with Crippen LogP contribution in [0.4, 0.5) is 0 Å². The van der Waals surface area contributed by atoms with E-state index in [0.717, 1.165) is 25.8 Å². The van der Waals surface area contributed by atoms with E-state index >= 15 is 0 Å². The molecule has 1 heterocycles. The first-order valence-corrected chi connectivity index (χ1v) is 8.83. The average molecular weight is 294 g/mol. The molecule has 1 saturated carbocycles. The Morgan fingerprint density at radius 2 is 1.62 bits per heavy atom. The Kier molecular flexibility index (Phi) is 6.68. The molecular weight excluding hydrogens is 264 g/mol. The van der Waals surface area contributed by atoms with Gasteiger partial charge in [-0.25, -0.2) is 0 Å². The lowest BCUT2D eigenvalue weighted by Gasteiger charge is -2.14. The van der Waals surface area contributed by atoms with E-state index in [1.54, 1.807) is 0 Å². The molecule has 1 atom stereocenters. The van der Waals surface area contributed by atoms with Gasteiger partial charge in [-0.1, -0.05) is 51.9 Å². The molecule has 1 unspecified atom stereocenters. The van der Waals surface area contributed by atoms with Crippen molar-refractivity contribution in [1.29, 1.82) is 0 Å². The molecule has 21 heavy (non-hydrogen) atoms. The van der Waals surface area contributed by atoms with Crippen molar-refractivity contribution in [3.05, 3.63) is 0 Å². The van der Waals surface area contributed by atoms with Crippen molar-refractivity contribution in [2.75, 3.05) is 6.54 Å². The molecule has 2 aliphatic rings. The van der Waals surface area contributed by atoms with Crippen LogP contribution in [0.15, 0.2) is 0 Å². The summed E-state index contributed by atoms with van der Waals surface area (Å²) in [6, 6.07) is -0.0254. The average Bonchev–Trinajstić information content (AvgIpc) is 3.25. The second-order valence-electron chi connectivity index (χ2n) is 6.52. The van der Waals surface area contributed by atoms with Gasteiger partial charge < -0.3 is 5.32 Å². The van der Waals surface area contributed by atoms with Crippen LogP contribution in [0.25, 0.3) is 0 Å². The highest BCUT2D eigenvalue weighted by Crippen LogP contribution is 2.31. The van der Waals surface area contributed by atoms with Crippen LogP contribution in [0.5, 0.6) is 0 Å². The maximum atomic E-state index is 12.1. The number of nitrogens with zero attached hydrogens (tertiary/aromatic N) is 1. The van der Waals surface area contributed by atoms with Crippen molar-refractivity contribution in [2.45, 2.75) is 89.6 Å². The fourth-order valence-electron chi connectivity index (χ4n) is 3.06. The van der Waals surface area contributed by atoms with Crippen LogP contribution in [0.1, 0.15) is 77.6 Å². The van der Waals surface area contributed by atoms with E-state index in [1.807, 2.05) is 0 Å². The normalized spacial score (nSPS) is 22.3. The Bertz CT molecular complexity index is 353. The Morgan fingerprint density at radius 1 is 1.00 bits per heavy atom. The van der Waals surface area contributed by atoms with E-state index in [-0.39, 0.29) is 23.9 Å². The van der Waals surface area contributed by atoms with Crippen molar-refractivity contribution in [1.82, 2.24) is 10.2 Å². The quantitative estimate of drug-likeness (QED) is 0.471. The first-order valence-electron chi connectivity index (χ1n) is 8.83. The number of carbonyl (C=O) groups is 2.